The predicted molar refractivity (Wildman–Crippen MR) is 66.0 cm³/mol. The van der Waals surface area contributed by atoms with Gasteiger partial charge in [0.15, 0.2) is 5.03 Å². The van der Waals surface area contributed by atoms with Gasteiger partial charge in [0.2, 0.25) is 0 Å². The number of nitrogens with one attached hydrogen (secondary N) is 3. The molecule has 0 unspecified atom stereocenters. The van der Waals surface area contributed by atoms with E-state index in [1.165, 1.54) is 6.20 Å². The summed E-state index contributed by atoms with van der Waals surface area (Å²) in [5.41, 5.74) is 0.643. The first kappa shape index (κ1) is 14.1. The molecule has 0 saturated heterocycles. The van der Waals surface area contributed by atoms with Crippen LogP contribution in [0.15, 0.2) is 11.2 Å². The second kappa shape index (κ2) is 6.13. The number of aromatic nitrogens is 2. The van der Waals surface area contributed by atoms with Crippen LogP contribution in [0.4, 0.5) is 0 Å². The van der Waals surface area contributed by atoms with Crippen LogP contribution in [0.1, 0.15) is 25.8 Å². The summed E-state index contributed by atoms with van der Waals surface area (Å²) in [5.74, 6) is 0.469. The monoisotopic (exact) mass is 260 g/mol. The van der Waals surface area contributed by atoms with Crippen molar-refractivity contribution in [2.24, 2.45) is 5.92 Å². The summed E-state index contributed by atoms with van der Waals surface area (Å²) >= 11 is 0. The van der Waals surface area contributed by atoms with Gasteiger partial charge in [0, 0.05) is 18.7 Å². The summed E-state index contributed by atoms with van der Waals surface area (Å²) in [4.78, 5) is 0. The average molecular weight is 260 g/mol. The SMILES string of the molecule is CNCc1cn[nH]c1S(=O)(=O)NCCC(C)C. The molecule has 1 rings (SSSR count). The van der Waals surface area contributed by atoms with Crippen molar-refractivity contribution in [3.8, 4) is 0 Å². The lowest BCUT2D eigenvalue weighted by molar-refractivity contribution is 0.548. The van der Waals surface area contributed by atoms with E-state index in [2.05, 4.69) is 34.1 Å². The molecule has 0 fully saturated rings. The Bertz CT molecular complexity index is 439. The summed E-state index contributed by atoms with van der Waals surface area (Å²) in [6, 6.07) is 0. The van der Waals surface area contributed by atoms with E-state index in [-0.39, 0.29) is 5.03 Å². The van der Waals surface area contributed by atoms with Crippen molar-refractivity contribution in [3.05, 3.63) is 11.8 Å². The molecule has 0 bridgehead atoms. The van der Waals surface area contributed by atoms with Crippen LogP contribution in [-0.4, -0.2) is 32.2 Å². The van der Waals surface area contributed by atoms with Crippen molar-refractivity contribution in [2.75, 3.05) is 13.6 Å². The number of hydrogen-bond acceptors (Lipinski definition) is 4. The molecular formula is C10H20N4O2S. The van der Waals surface area contributed by atoms with E-state index in [0.29, 0.717) is 24.6 Å². The molecule has 3 N–H and O–H groups in total. The highest BCUT2D eigenvalue weighted by molar-refractivity contribution is 7.89. The second-order valence-electron chi connectivity index (χ2n) is 4.33. The van der Waals surface area contributed by atoms with Crippen LogP contribution in [-0.2, 0) is 16.6 Å². The van der Waals surface area contributed by atoms with Gasteiger partial charge < -0.3 is 5.32 Å². The fraction of sp³-hybridized carbons (Fsp3) is 0.700. The van der Waals surface area contributed by atoms with Gasteiger partial charge in [-0.05, 0) is 19.4 Å². The minimum Gasteiger partial charge on any atom is -0.316 e. The molecule has 0 atom stereocenters. The molecule has 7 heteroatoms. The molecular weight excluding hydrogens is 240 g/mol. The number of rotatable bonds is 7. The summed E-state index contributed by atoms with van der Waals surface area (Å²) in [6.07, 6.45) is 2.34. The van der Waals surface area contributed by atoms with E-state index in [0.717, 1.165) is 6.42 Å². The topological polar surface area (TPSA) is 86.9 Å². The summed E-state index contributed by atoms with van der Waals surface area (Å²) < 4.78 is 26.5. The number of aromatic amines is 1. The maximum Gasteiger partial charge on any atom is 0.257 e. The lowest BCUT2D eigenvalue weighted by atomic mass is 10.1. The molecule has 1 heterocycles. The predicted octanol–water partition coefficient (Wildman–Crippen LogP) is 0.454. The number of hydrogen-bond donors (Lipinski definition) is 3. The zero-order valence-electron chi connectivity index (χ0n) is 10.4. The standard InChI is InChI=1S/C10H20N4O2S/c1-8(2)4-5-13-17(15,16)10-9(6-11-3)7-12-14-10/h7-8,11,13H,4-6H2,1-3H3,(H,12,14). The van der Waals surface area contributed by atoms with Crippen molar-refractivity contribution in [2.45, 2.75) is 31.8 Å². The van der Waals surface area contributed by atoms with Crippen LogP contribution in [0.2, 0.25) is 0 Å². The first-order chi connectivity index (χ1) is 7.97. The Morgan fingerprint density at radius 1 is 1.47 bits per heavy atom. The van der Waals surface area contributed by atoms with Gasteiger partial charge in [-0.15, -0.1) is 0 Å². The first-order valence-electron chi connectivity index (χ1n) is 5.64. The van der Waals surface area contributed by atoms with Crippen LogP contribution in [0.3, 0.4) is 0 Å². The molecule has 1 aromatic rings. The molecule has 0 spiro atoms. The smallest absolute Gasteiger partial charge is 0.257 e. The molecule has 1 aromatic heterocycles. The molecule has 0 aliphatic carbocycles. The molecule has 98 valence electrons. The third-order valence-electron chi connectivity index (χ3n) is 2.33. The Hall–Kier alpha value is -0.920. The molecule has 0 amide bonds. The molecule has 0 aliphatic heterocycles. The molecule has 0 aliphatic rings. The Labute approximate surface area is 102 Å². The maximum absolute atomic E-state index is 12.0. The van der Waals surface area contributed by atoms with Crippen molar-refractivity contribution in [1.82, 2.24) is 20.2 Å². The Morgan fingerprint density at radius 2 is 2.18 bits per heavy atom. The summed E-state index contributed by atoms with van der Waals surface area (Å²) in [6.45, 7) is 5.02. The third kappa shape index (κ3) is 4.10. The van der Waals surface area contributed by atoms with Gasteiger partial charge in [-0.3, -0.25) is 5.10 Å². The molecule has 0 aromatic carbocycles. The summed E-state index contributed by atoms with van der Waals surface area (Å²) in [5, 5.41) is 9.35. The number of nitrogens with zero attached hydrogens (tertiary/aromatic N) is 1. The normalized spacial score (nSPS) is 12.2. The van der Waals surface area contributed by atoms with E-state index >= 15 is 0 Å². The van der Waals surface area contributed by atoms with Gasteiger partial charge in [-0.1, -0.05) is 13.8 Å². The van der Waals surface area contributed by atoms with Crippen molar-refractivity contribution < 1.29 is 8.42 Å². The zero-order valence-corrected chi connectivity index (χ0v) is 11.3. The fourth-order valence-electron chi connectivity index (χ4n) is 1.40. The van der Waals surface area contributed by atoms with Crippen LogP contribution in [0.5, 0.6) is 0 Å². The lowest BCUT2D eigenvalue weighted by Gasteiger charge is -2.08. The van der Waals surface area contributed by atoms with Gasteiger partial charge >= 0.3 is 0 Å². The Morgan fingerprint density at radius 3 is 2.76 bits per heavy atom. The van der Waals surface area contributed by atoms with Gasteiger partial charge in [0.1, 0.15) is 0 Å². The zero-order chi connectivity index (χ0) is 12.9. The number of sulfonamides is 1. The highest BCUT2D eigenvalue weighted by Gasteiger charge is 2.19. The van der Waals surface area contributed by atoms with Crippen molar-refractivity contribution >= 4 is 10.0 Å². The van der Waals surface area contributed by atoms with E-state index in [9.17, 15) is 8.42 Å². The van der Waals surface area contributed by atoms with E-state index < -0.39 is 10.0 Å². The summed E-state index contributed by atoms with van der Waals surface area (Å²) in [7, 11) is -1.71. The third-order valence-corrected chi connectivity index (χ3v) is 3.80. The van der Waals surface area contributed by atoms with Crippen LogP contribution in [0, 0.1) is 5.92 Å². The average Bonchev–Trinajstić information content (AvgIpc) is 2.66. The van der Waals surface area contributed by atoms with E-state index in [4.69, 9.17) is 0 Å². The number of H-pyrrole nitrogens is 1. The highest BCUT2D eigenvalue weighted by atomic mass is 32.2. The highest BCUT2D eigenvalue weighted by Crippen LogP contribution is 2.11. The van der Waals surface area contributed by atoms with Crippen LogP contribution >= 0.6 is 0 Å². The van der Waals surface area contributed by atoms with E-state index in [1.54, 1.807) is 7.05 Å². The maximum atomic E-state index is 12.0. The second-order valence-corrected chi connectivity index (χ2v) is 6.04. The minimum atomic E-state index is -3.47. The Balaban J connectivity index is 2.72. The van der Waals surface area contributed by atoms with Crippen LogP contribution in [0.25, 0.3) is 0 Å². The van der Waals surface area contributed by atoms with Crippen molar-refractivity contribution in [1.29, 1.82) is 0 Å². The largest absolute Gasteiger partial charge is 0.316 e. The first-order valence-corrected chi connectivity index (χ1v) is 7.12. The molecule has 0 radical (unpaired) electrons. The fourth-order valence-corrected chi connectivity index (χ4v) is 2.58. The van der Waals surface area contributed by atoms with Crippen LogP contribution < -0.4 is 10.0 Å². The van der Waals surface area contributed by atoms with Gasteiger partial charge in [0.05, 0.1) is 6.20 Å². The van der Waals surface area contributed by atoms with Gasteiger partial charge in [0.25, 0.3) is 10.0 Å². The quantitative estimate of drug-likeness (QED) is 0.664. The van der Waals surface area contributed by atoms with E-state index in [1.807, 2.05) is 0 Å². The molecule has 17 heavy (non-hydrogen) atoms. The molecule has 0 saturated carbocycles. The Kier molecular flexibility index (Phi) is 5.10. The van der Waals surface area contributed by atoms with Gasteiger partial charge in [-0.25, -0.2) is 13.1 Å². The lowest BCUT2D eigenvalue weighted by Crippen LogP contribution is -2.27. The van der Waals surface area contributed by atoms with Gasteiger partial charge in [-0.2, -0.15) is 5.10 Å². The minimum absolute atomic E-state index is 0.149. The molecule has 6 nitrogen and oxygen atoms in total. The van der Waals surface area contributed by atoms with Crippen molar-refractivity contribution in [3.63, 3.8) is 0 Å².